The van der Waals surface area contributed by atoms with E-state index in [0.717, 1.165) is 24.3 Å². The summed E-state index contributed by atoms with van der Waals surface area (Å²) in [6.07, 6.45) is 3.49. The maximum absolute atomic E-state index is 11.9. The highest BCUT2D eigenvalue weighted by atomic mass is 32.1. The summed E-state index contributed by atoms with van der Waals surface area (Å²) in [7, 11) is 0. The van der Waals surface area contributed by atoms with Crippen molar-refractivity contribution in [2.45, 2.75) is 18.9 Å². The number of ether oxygens (including phenoxy) is 1. The number of carbonyl (C=O) groups is 1. The Balaban J connectivity index is 1.67. The van der Waals surface area contributed by atoms with Crippen LogP contribution < -0.4 is 5.32 Å². The number of aromatic nitrogens is 3. The molecule has 0 radical (unpaired) electrons. The molecule has 1 fully saturated rings. The van der Waals surface area contributed by atoms with Crippen LogP contribution in [0.4, 0.5) is 0 Å². The van der Waals surface area contributed by atoms with Gasteiger partial charge in [-0.25, -0.2) is 4.37 Å². The number of hydrogen-bond donors (Lipinski definition) is 1. The normalized spacial score (nSPS) is 19.3. The molecule has 100 valence electrons. The average molecular weight is 280 g/mol. The third-order valence-corrected chi connectivity index (χ3v) is 3.50. The van der Waals surface area contributed by atoms with Crippen molar-refractivity contribution < 1.29 is 13.9 Å². The van der Waals surface area contributed by atoms with E-state index in [4.69, 9.17) is 9.15 Å². The van der Waals surface area contributed by atoms with Crippen molar-refractivity contribution in [1.82, 2.24) is 19.9 Å². The van der Waals surface area contributed by atoms with Crippen molar-refractivity contribution in [3.8, 4) is 10.8 Å². The van der Waals surface area contributed by atoms with Crippen molar-refractivity contribution in [2.24, 2.45) is 0 Å². The van der Waals surface area contributed by atoms with Crippen LogP contribution in [0.3, 0.4) is 0 Å². The highest BCUT2D eigenvalue weighted by molar-refractivity contribution is 7.09. The van der Waals surface area contributed by atoms with Gasteiger partial charge in [0.05, 0.1) is 12.6 Å². The number of nitrogens with zero attached hydrogens (tertiary/aromatic N) is 3. The zero-order valence-corrected chi connectivity index (χ0v) is 10.9. The van der Waals surface area contributed by atoms with Crippen molar-refractivity contribution in [1.29, 1.82) is 0 Å². The third kappa shape index (κ3) is 2.79. The van der Waals surface area contributed by atoms with Gasteiger partial charge in [0, 0.05) is 12.8 Å². The Morgan fingerprint density at radius 2 is 2.42 bits per heavy atom. The van der Waals surface area contributed by atoms with E-state index in [1.165, 1.54) is 11.5 Å². The summed E-state index contributed by atoms with van der Waals surface area (Å²) in [6, 6.07) is 1.77. The molecule has 1 N–H and O–H groups in total. The number of amides is 1. The van der Waals surface area contributed by atoms with Gasteiger partial charge in [-0.2, -0.15) is 0 Å². The van der Waals surface area contributed by atoms with Gasteiger partial charge >= 0.3 is 11.8 Å². The van der Waals surface area contributed by atoms with E-state index >= 15 is 0 Å². The van der Waals surface area contributed by atoms with Gasteiger partial charge in [-0.1, -0.05) is 0 Å². The first kappa shape index (κ1) is 12.2. The summed E-state index contributed by atoms with van der Waals surface area (Å²) in [5.74, 6) is -0.0831. The first-order valence-electron chi connectivity index (χ1n) is 5.96. The van der Waals surface area contributed by atoms with Crippen molar-refractivity contribution in [3.05, 3.63) is 18.2 Å². The maximum atomic E-state index is 11.9. The fraction of sp³-hybridized carbons (Fsp3) is 0.455. The Labute approximate surface area is 113 Å². The molecule has 19 heavy (non-hydrogen) atoms. The molecule has 1 atom stereocenters. The summed E-state index contributed by atoms with van der Waals surface area (Å²) >= 11 is 1.24. The van der Waals surface area contributed by atoms with Gasteiger partial charge in [0.1, 0.15) is 4.88 Å². The minimum atomic E-state index is -0.362. The van der Waals surface area contributed by atoms with Crippen molar-refractivity contribution >= 4 is 17.4 Å². The highest BCUT2D eigenvalue weighted by Gasteiger charge is 2.21. The summed E-state index contributed by atoms with van der Waals surface area (Å²) in [6.45, 7) is 1.28. The van der Waals surface area contributed by atoms with Crippen LogP contribution >= 0.6 is 11.5 Å². The average Bonchev–Trinajstić information content (AvgIpc) is 3.11. The largest absolute Gasteiger partial charge is 0.411 e. The van der Waals surface area contributed by atoms with E-state index in [2.05, 4.69) is 19.9 Å². The molecule has 2 aromatic rings. The lowest BCUT2D eigenvalue weighted by Gasteiger charge is -2.22. The molecule has 7 nitrogen and oxygen atoms in total. The lowest BCUT2D eigenvalue weighted by Crippen LogP contribution is -2.40. The lowest BCUT2D eigenvalue weighted by atomic mass is 10.1. The van der Waals surface area contributed by atoms with E-state index in [1.807, 2.05) is 0 Å². The van der Waals surface area contributed by atoms with Gasteiger partial charge in [0.25, 0.3) is 5.89 Å². The van der Waals surface area contributed by atoms with Crippen molar-refractivity contribution in [2.75, 3.05) is 13.2 Å². The molecule has 1 unspecified atom stereocenters. The Bertz CT molecular complexity index is 548. The lowest BCUT2D eigenvalue weighted by molar-refractivity contribution is 0.0609. The van der Waals surface area contributed by atoms with Crippen molar-refractivity contribution in [3.63, 3.8) is 0 Å². The molecule has 0 aromatic carbocycles. The predicted molar refractivity (Wildman–Crippen MR) is 66.7 cm³/mol. The fourth-order valence-electron chi connectivity index (χ4n) is 1.84. The number of nitrogens with one attached hydrogen (secondary N) is 1. The monoisotopic (exact) mass is 280 g/mol. The van der Waals surface area contributed by atoms with Crippen LogP contribution in [0, 0.1) is 0 Å². The molecule has 0 spiro atoms. The van der Waals surface area contributed by atoms with E-state index in [0.29, 0.717) is 12.5 Å². The first-order chi connectivity index (χ1) is 9.33. The Morgan fingerprint density at radius 1 is 1.47 bits per heavy atom. The van der Waals surface area contributed by atoms with Gasteiger partial charge in [0.2, 0.25) is 0 Å². The Morgan fingerprint density at radius 3 is 3.16 bits per heavy atom. The topological polar surface area (TPSA) is 90.1 Å². The molecule has 1 aliphatic heterocycles. The SMILES string of the molecule is O=C(NC1CCCOC1)c1nnc(-c2ccns2)o1. The number of rotatable bonds is 3. The molecule has 1 amide bonds. The van der Waals surface area contributed by atoms with E-state index < -0.39 is 0 Å². The standard InChI is InChI=1S/C11H12N4O3S/c16-9(13-7-2-1-5-17-6-7)11-15-14-10(18-11)8-3-4-12-19-8/h3-4,7H,1-2,5-6H2,(H,13,16). The summed E-state index contributed by atoms with van der Waals surface area (Å²) < 4.78 is 14.6. The molecule has 3 rings (SSSR count). The van der Waals surface area contributed by atoms with Crippen LogP contribution in [0.1, 0.15) is 23.5 Å². The second kappa shape index (κ2) is 5.45. The fourth-order valence-corrected chi connectivity index (χ4v) is 2.36. The van der Waals surface area contributed by atoms with Crippen LogP contribution in [-0.2, 0) is 4.74 Å². The first-order valence-corrected chi connectivity index (χ1v) is 6.73. The molecule has 8 heteroatoms. The molecule has 1 saturated heterocycles. The number of hydrogen-bond acceptors (Lipinski definition) is 7. The van der Waals surface area contributed by atoms with Crippen LogP contribution in [0.5, 0.6) is 0 Å². The summed E-state index contributed by atoms with van der Waals surface area (Å²) in [4.78, 5) is 12.7. The van der Waals surface area contributed by atoms with E-state index in [-0.39, 0.29) is 17.8 Å². The molecule has 0 saturated carbocycles. The summed E-state index contributed by atoms with van der Waals surface area (Å²) in [5.41, 5.74) is 0. The van der Waals surface area contributed by atoms with E-state index in [1.54, 1.807) is 12.3 Å². The van der Waals surface area contributed by atoms with Gasteiger partial charge in [0.15, 0.2) is 0 Å². The molecular formula is C11H12N4O3S. The second-order valence-electron chi connectivity index (χ2n) is 4.18. The van der Waals surface area contributed by atoms with Gasteiger partial charge < -0.3 is 14.5 Å². The highest BCUT2D eigenvalue weighted by Crippen LogP contribution is 2.20. The van der Waals surface area contributed by atoms with Crippen LogP contribution in [0.25, 0.3) is 10.8 Å². The molecule has 3 heterocycles. The smallest absolute Gasteiger partial charge is 0.309 e. The predicted octanol–water partition coefficient (Wildman–Crippen LogP) is 1.10. The second-order valence-corrected chi connectivity index (χ2v) is 5.01. The molecule has 0 bridgehead atoms. The Kier molecular flexibility index (Phi) is 3.51. The van der Waals surface area contributed by atoms with Crippen LogP contribution in [0.15, 0.2) is 16.7 Å². The molecule has 2 aromatic heterocycles. The molecule has 1 aliphatic rings. The third-order valence-electron chi connectivity index (χ3n) is 2.76. The zero-order chi connectivity index (χ0) is 13.1. The Hall–Kier alpha value is -1.80. The molecular weight excluding hydrogens is 268 g/mol. The minimum Gasteiger partial charge on any atom is -0.411 e. The van der Waals surface area contributed by atoms with Crippen LogP contribution in [-0.4, -0.2) is 39.7 Å². The van der Waals surface area contributed by atoms with Gasteiger partial charge in [-0.3, -0.25) is 4.79 Å². The molecule has 0 aliphatic carbocycles. The maximum Gasteiger partial charge on any atom is 0.309 e. The van der Waals surface area contributed by atoms with Gasteiger partial charge in [-0.05, 0) is 30.4 Å². The van der Waals surface area contributed by atoms with Gasteiger partial charge in [-0.15, -0.1) is 10.2 Å². The number of carbonyl (C=O) groups excluding carboxylic acids is 1. The quantitative estimate of drug-likeness (QED) is 0.905. The van der Waals surface area contributed by atoms with E-state index in [9.17, 15) is 4.79 Å². The summed E-state index contributed by atoms with van der Waals surface area (Å²) in [5, 5.41) is 10.4. The minimum absolute atomic E-state index is 0.0139. The van der Waals surface area contributed by atoms with Crippen LogP contribution in [0.2, 0.25) is 0 Å². The zero-order valence-electron chi connectivity index (χ0n) is 10.0.